The van der Waals surface area contributed by atoms with Crippen LogP contribution >= 0.6 is 0 Å². The van der Waals surface area contributed by atoms with Crippen molar-refractivity contribution in [2.24, 2.45) is 0 Å². The quantitative estimate of drug-likeness (QED) is 0.721. The molecule has 1 aromatic rings. The zero-order valence-corrected chi connectivity index (χ0v) is 11.0. The Kier molecular flexibility index (Phi) is 5.09. The van der Waals surface area contributed by atoms with Gasteiger partial charge in [-0.25, -0.2) is 0 Å². The average molecular weight is 247 g/mol. The van der Waals surface area contributed by atoms with E-state index >= 15 is 0 Å². The minimum Gasteiger partial charge on any atom is -0.497 e. The lowest BCUT2D eigenvalue weighted by atomic mass is 10.3. The van der Waals surface area contributed by atoms with Crippen LogP contribution in [-0.4, -0.2) is 38.3 Å². The summed E-state index contributed by atoms with van der Waals surface area (Å²) < 4.78 is 10.7. The molecule has 18 heavy (non-hydrogen) atoms. The van der Waals surface area contributed by atoms with E-state index in [1.807, 2.05) is 24.3 Å². The fourth-order valence-corrected chi connectivity index (χ4v) is 2.07. The van der Waals surface area contributed by atoms with Crippen LogP contribution < -0.4 is 9.47 Å². The summed E-state index contributed by atoms with van der Waals surface area (Å²) in [5, 5.41) is 0. The Morgan fingerprint density at radius 1 is 1.06 bits per heavy atom. The summed E-state index contributed by atoms with van der Waals surface area (Å²) in [5.74, 6) is 1.73. The molecule has 0 spiro atoms. The molecule has 1 fully saturated rings. The fraction of sp³-hybridized carbons (Fsp3) is 0.467. The van der Waals surface area contributed by atoms with E-state index in [0.717, 1.165) is 18.0 Å². The van der Waals surface area contributed by atoms with Crippen LogP contribution in [0.3, 0.4) is 0 Å². The molecule has 3 heteroatoms. The Morgan fingerprint density at radius 3 is 2.39 bits per heavy atom. The van der Waals surface area contributed by atoms with Crippen molar-refractivity contribution in [3.8, 4) is 11.5 Å². The highest BCUT2D eigenvalue weighted by atomic mass is 16.5. The Balaban J connectivity index is 1.65. The maximum absolute atomic E-state index is 5.61. The van der Waals surface area contributed by atoms with Gasteiger partial charge in [0.2, 0.25) is 0 Å². The van der Waals surface area contributed by atoms with Crippen LogP contribution in [0.2, 0.25) is 0 Å². The summed E-state index contributed by atoms with van der Waals surface area (Å²) in [6.45, 7) is 4.15. The third-order valence-electron chi connectivity index (χ3n) is 3.13. The molecule has 0 N–H and O–H groups in total. The van der Waals surface area contributed by atoms with E-state index in [4.69, 9.17) is 9.47 Å². The molecule has 1 saturated heterocycles. The van der Waals surface area contributed by atoms with Crippen LogP contribution in [0.1, 0.15) is 12.8 Å². The van der Waals surface area contributed by atoms with Gasteiger partial charge in [-0.1, -0.05) is 12.2 Å². The Bertz CT molecular complexity index is 367. The zero-order chi connectivity index (χ0) is 12.6. The van der Waals surface area contributed by atoms with Gasteiger partial charge in [0.05, 0.1) is 7.11 Å². The van der Waals surface area contributed by atoms with E-state index in [9.17, 15) is 0 Å². The molecule has 0 aromatic heterocycles. The lowest BCUT2D eigenvalue weighted by Gasteiger charge is -2.10. The normalized spacial score (nSPS) is 16.3. The number of hydrogen-bond acceptors (Lipinski definition) is 3. The minimum absolute atomic E-state index is 0.625. The lowest BCUT2D eigenvalue weighted by molar-refractivity contribution is 0.355. The monoisotopic (exact) mass is 247 g/mol. The van der Waals surface area contributed by atoms with Crippen molar-refractivity contribution < 1.29 is 9.47 Å². The number of rotatable bonds is 6. The van der Waals surface area contributed by atoms with Crippen LogP contribution in [0.5, 0.6) is 11.5 Å². The topological polar surface area (TPSA) is 21.7 Å². The Morgan fingerprint density at radius 2 is 1.72 bits per heavy atom. The summed E-state index contributed by atoms with van der Waals surface area (Å²) in [6.07, 6.45) is 6.96. The second-order valence-electron chi connectivity index (χ2n) is 4.47. The molecule has 0 atom stereocenters. The number of methoxy groups -OCH3 is 1. The number of benzene rings is 1. The largest absolute Gasteiger partial charge is 0.497 e. The first-order chi connectivity index (χ1) is 8.88. The van der Waals surface area contributed by atoms with Crippen LogP contribution in [0, 0.1) is 0 Å². The summed E-state index contributed by atoms with van der Waals surface area (Å²) >= 11 is 0. The fourth-order valence-electron chi connectivity index (χ4n) is 2.07. The molecule has 0 amide bonds. The standard InChI is InChI=1S/C15H21NO2/c1-17-14-6-8-15(9-7-14)18-13-5-4-12-16-10-2-3-11-16/h4-9H,2-3,10-13H2,1H3. The van der Waals surface area contributed by atoms with Gasteiger partial charge in [0, 0.05) is 6.54 Å². The van der Waals surface area contributed by atoms with Crippen LogP contribution in [0.25, 0.3) is 0 Å². The van der Waals surface area contributed by atoms with Gasteiger partial charge in [-0.2, -0.15) is 0 Å². The predicted molar refractivity (Wildman–Crippen MR) is 73.3 cm³/mol. The van der Waals surface area contributed by atoms with Crippen LogP contribution in [-0.2, 0) is 0 Å². The maximum Gasteiger partial charge on any atom is 0.120 e. The van der Waals surface area contributed by atoms with E-state index in [0.29, 0.717) is 6.61 Å². The van der Waals surface area contributed by atoms with Crippen LogP contribution in [0.15, 0.2) is 36.4 Å². The Labute approximate surface area is 109 Å². The van der Waals surface area contributed by atoms with Crippen molar-refractivity contribution >= 4 is 0 Å². The smallest absolute Gasteiger partial charge is 0.120 e. The van der Waals surface area contributed by atoms with E-state index in [1.165, 1.54) is 25.9 Å². The number of hydrogen-bond donors (Lipinski definition) is 0. The molecule has 2 rings (SSSR count). The minimum atomic E-state index is 0.625. The molecular formula is C15H21NO2. The van der Waals surface area contributed by atoms with Crippen molar-refractivity contribution in [3.63, 3.8) is 0 Å². The van der Waals surface area contributed by atoms with E-state index in [1.54, 1.807) is 7.11 Å². The molecule has 0 aliphatic carbocycles. The van der Waals surface area contributed by atoms with E-state index < -0.39 is 0 Å². The summed E-state index contributed by atoms with van der Waals surface area (Å²) in [6, 6.07) is 7.66. The molecule has 1 aliphatic heterocycles. The van der Waals surface area contributed by atoms with Crippen molar-refractivity contribution in [3.05, 3.63) is 36.4 Å². The highest BCUT2D eigenvalue weighted by Gasteiger charge is 2.08. The molecule has 0 saturated carbocycles. The Hall–Kier alpha value is -1.48. The highest BCUT2D eigenvalue weighted by Crippen LogP contribution is 2.16. The summed E-state index contributed by atoms with van der Waals surface area (Å²) in [5.41, 5.74) is 0. The van der Waals surface area contributed by atoms with E-state index in [2.05, 4.69) is 17.1 Å². The van der Waals surface area contributed by atoms with Gasteiger partial charge in [0.15, 0.2) is 0 Å². The van der Waals surface area contributed by atoms with Gasteiger partial charge in [0.1, 0.15) is 18.1 Å². The number of ether oxygens (including phenoxy) is 2. The predicted octanol–water partition coefficient (Wildman–Crippen LogP) is 2.73. The first kappa shape index (κ1) is 13.0. The van der Waals surface area contributed by atoms with Gasteiger partial charge in [-0.15, -0.1) is 0 Å². The third-order valence-corrected chi connectivity index (χ3v) is 3.13. The molecule has 1 aromatic carbocycles. The highest BCUT2D eigenvalue weighted by molar-refractivity contribution is 5.31. The SMILES string of the molecule is COc1ccc(OCC=CCN2CCCC2)cc1. The van der Waals surface area contributed by atoms with Gasteiger partial charge in [-0.05, 0) is 50.2 Å². The van der Waals surface area contributed by atoms with Crippen molar-refractivity contribution in [1.82, 2.24) is 4.90 Å². The third kappa shape index (κ3) is 4.08. The summed E-state index contributed by atoms with van der Waals surface area (Å²) in [7, 11) is 1.66. The summed E-state index contributed by atoms with van der Waals surface area (Å²) in [4.78, 5) is 2.46. The lowest BCUT2D eigenvalue weighted by Crippen LogP contribution is -2.18. The second kappa shape index (κ2) is 7.07. The first-order valence-electron chi connectivity index (χ1n) is 6.53. The van der Waals surface area contributed by atoms with E-state index in [-0.39, 0.29) is 0 Å². The van der Waals surface area contributed by atoms with Crippen molar-refractivity contribution in [2.45, 2.75) is 12.8 Å². The molecule has 0 bridgehead atoms. The molecular weight excluding hydrogens is 226 g/mol. The zero-order valence-electron chi connectivity index (χ0n) is 11.0. The van der Waals surface area contributed by atoms with Crippen molar-refractivity contribution in [1.29, 1.82) is 0 Å². The van der Waals surface area contributed by atoms with Gasteiger partial charge >= 0.3 is 0 Å². The average Bonchev–Trinajstić information content (AvgIpc) is 2.92. The van der Waals surface area contributed by atoms with Gasteiger partial charge in [-0.3, -0.25) is 4.90 Å². The molecule has 98 valence electrons. The number of nitrogens with zero attached hydrogens (tertiary/aromatic N) is 1. The molecule has 0 unspecified atom stereocenters. The van der Waals surface area contributed by atoms with Gasteiger partial charge < -0.3 is 9.47 Å². The van der Waals surface area contributed by atoms with Gasteiger partial charge in [0.25, 0.3) is 0 Å². The molecule has 0 radical (unpaired) electrons. The second-order valence-corrected chi connectivity index (χ2v) is 4.47. The number of likely N-dealkylation sites (tertiary alicyclic amines) is 1. The maximum atomic E-state index is 5.61. The van der Waals surface area contributed by atoms with Crippen LogP contribution in [0.4, 0.5) is 0 Å². The first-order valence-corrected chi connectivity index (χ1v) is 6.53. The molecule has 3 nitrogen and oxygen atoms in total. The van der Waals surface area contributed by atoms with Crippen molar-refractivity contribution in [2.75, 3.05) is 33.4 Å². The molecule has 1 heterocycles. The molecule has 1 aliphatic rings.